The third-order valence-electron chi connectivity index (χ3n) is 4.21. The molecule has 0 aromatic heterocycles. The highest BCUT2D eigenvalue weighted by molar-refractivity contribution is 9.09. The number of alkyl halides is 1. The Bertz CT molecular complexity index is 245. The van der Waals surface area contributed by atoms with E-state index in [4.69, 9.17) is 4.74 Å². The summed E-state index contributed by atoms with van der Waals surface area (Å²) < 4.78 is 6.18. The summed E-state index contributed by atoms with van der Waals surface area (Å²) in [6, 6.07) is 0. The van der Waals surface area contributed by atoms with Crippen LogP contribution in [-0.2, 0) is 4.74 Å². The molecule has 0 bridgehead atoms. The van der Waals surface area contributed by atoms with E-state index in [1.807, 2.05) is 0 Å². The van der Waals surface area contributed by atoms with Crippen LogP contribution < -0.4 is 0 Å². The molecule has 0 aromatic carbocycles. The minimum absolute atomic E-state index is 0.480. The van der Waals surface area contributed by atoms with Crippen LogP contribution in [0.3, 0.4) is 0 Å². The van der Waals surface area contributed by atoms with Crippen molar-refractivity contribution >= 4 is 15.9 Å². The molecule has 2 fully saturated rings. The molecule has 2 unspecified atom stereocenters. The lowest BCUT2D eigenvalue weighted by atomic mass is 9.71. The third-order valence-corrected chi connectivity index (χ3v) is 5.40. The summed E-state index contributed by atoms with van der Waals surface area (Å²) in [5.41, 5.74) is 0.984. The Kier molecular flexibility index (Phi) is 3.71. The zero-order chi connectivity index (χ0) is 11.8. The second-order valence-corrected chi connectivity index (χ2v) is 7.54. The summed E-state index contributed by atoms with van der Waals surface area (Å²) >= 11 is 3.61. The predicted octanol–water partition coefficient (Wildman–Crippen LogP) is 4.39. The summed E-state index contributed by atoms with van der Waals surface area (Å²) in [5, 5.41) is 1.12. The molecule has 2 rings (SSSR count). The second kappa shape index (κ2) is 4.61. The monoisotopic (exact) mass is 288 g/mol. The fourth-order valence-corrected chi connectivity index (χ4v) is 3.90. The molecule has 0 saturated heterocycles. The van der Waals surface area contributed by atoms with Gasteiger partial charge in [0.05, 0.1) is 12.7 Å². The Morgan fingerprint density at radius 2 is 1.94 bits per heavy atom. The Balaban J connectivity index is 1.81. The Morgan fingerprint density at radius 3 is 2.44 bits per heavy atom. The molecule has 2 aliphatic carbocycles. The molecule has 2 atom stereocenters. The van der Waals surface area contributed by atoms with Gasteiger partial charge in [0.25, 0.3) is 0 Å². The van der Waals surface area contributed by atoms with Gasteiger partial charge in [-0.15, -0.1) is 0 Å². The van der Waals surface area contributed by atoms with Crippen molar-refractivity contribution in [3.8, 4) is 0 Å². The lowest BCUT2D eigenvalue weighted by Crippen LogP contribution is -2.34. The van der Waals surface area contributed by atoms with Crippen molar-refractivity contribution in [1.82, 2.24) is 0 Å². The normalized spacial score (nSPS) is 36.0. The molecule has 2 aliphatic rings. The van der Waals surface area contributed by atoms with E-state index in [1.54, 1.807) is 0 Å². The van der Waals surface area contributed by atoms with E-state index in [9.17, 15) is 0 Å². The molecule has 0 heterocycles. The van der Waals surface area contributed by atoms with Gasteiger partial charge in [-0.25, -0.2) is 0 Å². The van der Waals surface area contributed by atoms with Crippen LogP contribution in [0.25, 0.3) is 0 Å². The van der Waals surface area contributed by atoms with Crippen molar-refractivity contribution in [2.45, 2.75) is 59.0 Å². The molecule has 94 valence electrons. The zero-order valence-electron chi connectivity index (χ0n) is 10.9. The fraction of sp³-hybridized carbons (Fsp3) is 1.00. The standard InChI is InChI=1S/C14H25BrO/c1-11-6-12(8-13(2,3)7-11)16-10-14(9-15)4-5-14/h11-12H,4-10H2,1-3H3. The predicted molar refractivity (Wildman–Crippen MR) is 72.0 cm³/mol. The number of rotatable bonds is 4. The first-order valence-electron chi connectivity index (χ1n) is 6.62. The molecular weight excluding hydrogens is 264 g/mol. The highest BCUT2D eigenvalue weighted by atomic mass is 79.9. The van der Waals surface area contributed by atoms with Gasteiger partial charge >= 0.3 is 0 Å². The number of hydrogen-bond acceptors (Lipinski definition) is 1. The molecule has 0 spiro atoms. The number of ether oxygens (including phenoxy) is 1. The van der Waals surface area contributed by atoms with Crippen LogP contribution in [0.15, 0.2) is 0 Å². The van der Waals surface area contributed by atoms with Gasteiger partial charge in [-0.2, -0.15) is 0 Å². The van der Waals surface area contributed by atoms with E-state index in [1.165, 1.54) is 32.1 Å². The molecule has 0 aliphatic heterocycles. The second-order valence-electron chi connectivity index (χ2n) is 6.98. The van der Waals surface area contributed by atoms with Crippen molar-refractivity contribution < 1.29 is 4.74 Å². The summed E-state index contributed by atoms with van der Waals surface area (Å²) in [6.07, 6.45) is 7.08. The molecule has 2 heteroatoms. The Hall–Kier alpha value is 0.440. The van der Waals surface area contributed by atoms with Crippen molar-refractivity contribution in [1.29, 1.82) is 0 Å². The first-order valence-corrected chi connectivity index (χ1v) is 7.74. The number of halogens is 1. The zero-order valence-corrected chi connectivity index (χ0v) is 12.5. The van der Waals surface area contributed by atoms with Crippen LogP contribution in [0, 0.1) is 16.7 Å². The van der Waals surface area contributed by atoms with Crippen LogP contribution in [0.4, 0.5) is 0 Å². The average molecular weight is 289 g/mol. The van der Waals surface area contributed by atoms with Gasteiger partial charge in [0.2, 0.25) is 0 Å². The van der Waals surface area contributed by atoms with Crippen molar-refractivity contribution in [3.05, 3.63) is 0 Å². The van der Waals surface area contributed by atoms with E-state index < -0.39 is 0 Å². The highest BCUT2D eigenvalue weighted by Gasteiger charge is 2.43. The van der Waals surface area contributed by atoms with Crippen LogP contribution in [0.2, 0.25) is 0 Å². The van der Waals surface area contributed by atoms with Crippen molar-refractivity contribution in [2.24, 2.45) is 16.7 Å². The Morgan fingerprint density at radius 1 is 1.25 bits per heavy atom. The van der Waals surface area contributed by atoms with Crippen LogP contribution >= 0.6 is 15.9 Å². The first-order chi connectivity index (χ1) is 7.45. The average Bonchev–Trinajstić information content (AvgIpc) is 2.92. The lowest BCUT2D eigenvalue weighted by molar-refractivity contribution is -0.0373. The molecular formula is C14H25BrO. The highest BCUT2D eigenvalue weighted by Crippen LogP contribution is 2.48. The Labute approximate surface area is 108 Å². The molecule has 2 saturated carbocycles. The SMILES string of the molecule is CC1CC(OCC2(CBr)CC2)CC(C)(C)C1. The molecule has 0 amide bonds. The quantitative estimate of drug-likeness (QED) is 0.697. The lowest BCUT2D eigenvalue weighted by Gasteiger charge is -2.39. The van der Waals surface area contributed by atoms with Crippen LogP contribution in [0.1, 0.15) is 52.9 Å². The molecule has 0 N–H and O–H groups in total. The van der Waals surface area contributed by atoms with Gasteiger partial charge in [0.1, 0.15) is 0 Å². The largest absolute Gasteiger partial charge is 0.378 e. The van der Waals surface area contributed by atoms with E-state index in [0.717, 1.165) is 17.9 Å². The molecule has 16 heavy (non-hydrogen) atoms. The van der Waals surface area contributed by atoms with Gasteiger partial charge in [-0.1, -0.05) is 36.7 Å². The van der Waals surface area contributed by atoms with E-state index in [2.05, 4.69) is 36.7 Å². The van der Waals surface area contributed by atoms with Gasteiger partial charge < -0.3 is 4.74 Å². The van der Waals surface area contributed by atoms with E-state index in [0.29, 0.717) is 16.9 Å². The van der Waals surface area contributed by atoms with Gasteiger partial charge in [0, 0.05) is 10.7 Å². The smallest absolute Gasteiger partial charge is 0.0583 e. The molecule has 0 radical (unpaired) electrons. The minimum Gasteiger partial charge on any atom is -0.378 e. The third kappa shape index (κ3) is 3.22. The van der Waals surface area contributed by atoms with Crippen LogP contribution in [0.5, 0.6) is 0 Å². The van der Waals surface area contributed by atoms with Gasteiger partial charge in [-0.05, 0) is 43.4 Å². The summed E-state index contributed by atoms with van der Waals surface area (Å²) in [4.78, 5) is 0. The van der Waals surface area contributed by atoms with Crippen LogP contribution in [-0.4, -0.2) is 18.0 Å². The topological polar surface area (TPSA) is 9.23 Å². The minimum atomic E-state index is 0.480. The van der Waals surface area contributed by atoms with E-state index in [-0.39, 0.29) is 0 Å². The maximum absolute atomic E-state index is 6.18. The van der Waals surface area contributed by atoms with Crippen molar-refractivity contribution in [2.75, 3.05) is 11.9 Å². The number of hydrogen-bond donors (Lipinski definition) is 0. The molecule has 1 nitrogen and oxygen atoms in total. The van der Waals surface area contributed by atoms with E-state index >= 15 is 0 Å². The fourth-order valence-electron chi connectivity index (χ4n) is 3.17. The maximum Gasteiger partial charge on any atom is 0.0583 e. The van der Waals surface area contributed by atoms with Gasteiger partial charge in [0.15, 0.2) is 0 Å². The van der Waals surface area contributed by atoms with Gasteiger partial charge in [-0.3, -0.25) is 0 Å². The molecule has 0 aromatic rings. The first kappa shape index (κ1) is 12.9. The summed E-state index contributed by atoms with van der Waals surface area (Å²) in [5.74, 6) is 0.827. The summed E-state index contributed by atoms with van der Waals surface area (Å²) in [7, 11) is 0. The summed E-state index contributed by atoms with van der Waals surface area (Å²) in [6.45, 7) is 8.12. The maximum atomic E-state index is 6.18. The van der Waals surface area contributed by atoms with Crippen molar-refractivity contribution in [3.63, 3.8) is 0 Å².